The normalized spacial score (nSPS) is 13.6. The number of carbonyl (C=O) groups excluding carboxylic acids is 2. The van der Waals surface area contributed by atoms with Gasteiger partial charge in [-0.25, -0.2) is 4.79 Å². The molecule has 0 bridgehead atoms. The summed E-state index contributed by atoms with van der Waals surface area (Å²) in [6, 6.07) is 12.8. The molecule has 3 rings (SSSR count). The Labute approximate surface area is 153 Å². The van der Waals surface area contributed by atoms with Crippen LogP contribution in [0.5, 0.6) is 5.75 Å². The number of aryl methyl sites for hydroxylation is 2. The van der Waals surface area contributed by atoms with Crippen molar-refractivity contribution in [2.45, 2.75) is 32.2 Å². The van der Waals surface area contributed by atoms with Crippen LogP contribution in [0.25, 0.3) is 0 Å². The molecule has 2 aromatic rings. The second-order valence-corrected chi connectivity index (χ2v) is 6.44. The van der Waals surface area contributed by atoms with E-state index in [1.165, 1.54) is 11.1 Å². The Hall–Kier alpha value is -2.82. The van der Waals surface area contributed by atoms with Crippen LogP contribution in [-0.2, 0) is 22.4 Å². The first-order valence-corrected chi connectivity index (χ1v) is 8.79. The summed E-state index contributed by atoms with van der Waals surface area (Å²) in [6.07, 6.45) is 3.18. The molecule has 1 amide bonds. The molecule has 1 unspecified atom stereocenters. The van der Waals surface area contributed by atoms with Crippen LogP contribution >= 0.6 is 0 Å². The standard InChI is InChI=1S/C21H23NO4/c1-14(18-8-3-4-9-19(18)25-2)22-20(23)13-26-21(24)17-11-10-15-6-5-7-16(15)12-17/h3-4,8-12,14H,5-7,13H2,1-2H3,(H,22,23). The van der Waals surface area contributed by atoms with Gasteiger partial charge in [-0.3, -0.25) is 4.79 Å². The average Bonchev–Trinajstić information content (AvgIpc) is 3.13. The number of nitrogens with one attached hydrogen (secondary N) is 1. The van der Waals surface area contributed by atoms with Crippen molar-refractivity contribution < 1.29 is 19.1 Å². The van der Waals surface area contributed by atoms with Crippen molar-refractivity contribution in [3.05, 3.63) is 64.7 Å². The molecule has 0 saturated carbocycles. The lowest BCUT2D eigenvalue weighted by atomic mass is 10.1. The maximum absolute atomic E-state index is 12.2. The Kier molecular flexibility index (Phi) is 5.56. The van der Waals surface area contributed by atoms with E-state index >= 15 is 0 Å². The maximum Gasteiger partial charge on any atom is 0.338 e. The average molecular weight is 353 g/mol. The van der Waals surface area contributed by atoms with Crippen LogP contribution in [0.1, 0.15) is 46.4 Å². The molecule has 26 heavy (non-hydrogen) atoms. The van der Waals surface area contributed by atoms with Gasteiger partial charge in [0.1, 0.15) is 5.75 Å². The SMILES string of the molecule is COc1ccccc1C(C)NC(=O)COC(=O)c1ccc2c(c1)CCC2. The quantitative estimate of drug-likeness (QED) is 0.810. The number of methoxy groups -OCH3 is 1. The van der Waals surface area contributed by atoms with Crippen molar-refractivity contribution in [3.63, 3.8) is 0 Å². The highest BCUT2D eigenvalue weighted by Crippen LogP contribution is 2.24. The van der Waals surface area contributed by atoms with E-state index < -0.39 is 5.97 Å². The van der Waals surface area contributed by atoms with E-state index in [4.69, 9.17) is 9.47 Å². The van der Waals surface area contributed by atoms with E-state index in [0.717, 1.165) is 24.8 Å². The molecule has 0 aromatic heterocycles. The van der Waals surface area contributed by atoms with Gasteiger partial charge in [0, 0.05) is 5.56 Å². The number of ether oxygens (including phenoxy) is 2. The molecule has 0 radical (unpaired) electrons. The van der Waals surface area contributed by atoms with Gasteiger partial charge >= 0.3 is 5.97 Å². The first-order chi connectivity index (χ1) is 12.6. The van der Waals surface area contributed by atoms with E-state index in [2.05, 4.69) is 5.32 Å². The summed E-state index contributed by atoms with van der Waals surface area (Å²) < 4.78 is 10.5. The van der Waals surface area contributed by atoms with Crippen molar-refractivity contribution in [1.82, 2.24) is 5.32 Å². The summed E-state index contributed by atoms with van der Waals surface area (Å²) in [5.74, 6) is -0.117. The fourth-order valence-electron chi connectivity index (χ4n) is 3.30. The van der Waals surface area contributed by atoms with E-state index in [1.807, 2.05) is 43.3 Å². The summed E-state index contributed by atoms with van der Waals surface area (Å²) in [4.78, 5) is 24.3. The minimum Gasteiger partial charge on any atom is -0.496 e. The smallest absolute Gasteiger partial charge is 0.338 e. The monoisotopic (exact) mass is 353 g/mol. The first kappa shape index (κ1) is 18.0. The maximum atomic E-state index is 12.2. The Bertz CT molecular complexity index is 815. The number of amides is 1. The minimum absolute atomic E-state index is 0.252. The summed E-state index contributed by atoms with van der Waals surface area (Å²) in [5, 5.41) is 2.82. The molecule has 0 fully saturated rings. The van der Waals surface area contributed by atoms with Gasteiger partial charge in [-0.2, -0.15) is 0 Å². The number of hydrogen-bond acceptors (Lipinski definition) is 4. The second kappa shape index (κ2) is 8.04. The molecule has 0 spiro atoms. The highest BCUT2D eigenvalue weighted by molar-refractivity contribution is 5.91. The van der Waals surface area contributed by atoms with Crippen molar-refractivity contribution in [2.24, 2.45) is 0 Å². The molecule has 0 saturated heterocycles. The van der Waals surface area contributed by atoms with Crippen LogP contribution in [-0.4, -0.2) is 25.6 Å². The van der Waals surface area contributed by atoms with Crippen LogP contribution in [0.15, 0.2) is 42.5 Å². The van der Waals surface area contributed by atoms with Gasteiger partial charge < -0.3 is 14.8 Å². The molecule has 0 heterocycles. The van der Waals surface area contributed by atoms with Gasteiger partial charge in [-0.15, -0.1) is 0 Å². The zero-order valence-corrected chi connectivity index (χ0v) is 15.1. The fourth-order valence-corrected chi connectivity index (χ4v) is 3.30. The van der Waals surface area contributed by atoms with Crippen LogP contribution < -0.4 is 10.1 Å². The van der Waals surface area contributed by atoms with E-state index in [0.29, 0.717) is 11.3 Å². The number of carbonyl (C=O) groups is 2. The second-order valence-electron chi connectivity index (χ2n) is 6.44. The number of fused-ring (bicyclic) bond motifs is 1. The lowest BCUT2D eigenvalue weighted by molar-refractivity contribution is -0.124. The molecule has 1 atom stereocenters. The molecular formula is C21H23NO4. The Morgan fingerprint density at radius 2 is 1.88 bits per heavy atom. The van der Waals surface area contributed by atoms with Crippen molar-refractivity contribution in [3.8, 4) is 5.75 Å². The van der Waals surface area contributed by atoms with Gasteiger partial charge in [0.15, 0.2) is 6.61 Å². The largest absolute Gasteiger partial charge is 0.496 e. The molecular weight excluding hydrogens is 330 g/mol. The third kappa shape index (κ3) is 4.04. The van der Waals surface area contributed by atoms with Gasteiger partial charge in [0.05, 0.1) is 18.7 Å². The predicted molar refractivity (Wildman–Crippen MR) is 98.3 cm³/mol. The number of hydrogen-bond donors (Lipinski definition) is 1. The number of esters is 1. The molecule has 0 aliphatic heterocycles. The molecule has 1 aliphatic rings. The number of para-hydroxylation sites is 1. The molecule has 136 valence electrons. The van der Waals surface area contributed by atoms with Crippen molar-refractivity contribution in [2.75, 3.05) is 13.7 Å². The van der Waals surface area contributed by atoms with E-state index in [-0.39, 0.29) is 18.6 Å². The Balaban J connectivity index is 1.54. The van der Waals surface area contributed by atoms with Gasteiger partial charge in [0.25, 0.3) is 5.91 Å². The lowest BCUT2D eigenvalue weighted by Crippen LogP contribution is -2.31. The summed E-state index contributed by atoms with van der Waals surface area (Å²) in [7, 11) is 1.59. The molecule has 5 heteroatoms. The molecule has 1 aliphatic carbocycles. The highest BCUT2D eigenvalue weighted by Gasteiger charge is 2.17. The zero-order chi connectivity index (χ0) is 18.5. The van der Waals surface area contributed by atoms with Gasteiger partial charge in [0.2, 0.25) is 0 Å². The third-order valence-corrected chi connectivity index (χ3v) is 4.65. The molecule has 2 aromatic carbocycles. The third-order valence-electron chi connectivity index (χ3n) is 4.65. The topological polar surface area (TPSA) is 64.6 Å². The van der Waals surface area contributed by atoms with Gasteiger partial charge in [-0.05, 0) is 55.5 Å². The van der Waals surface area contributed by atoms with Crippen LogP contribution in [0.2, 0.25) is 0 Å². The van der Waals surface area contributed by atoms with Crippen LogP contribution in [0.3, 0.4) is 0 Å². The van der Waals surface area contributed by atoms with Crippen LogP contribution in [0, 0.1) is 0 Å². The van der Waals surface area contributed by atoms with E-state index in [1.54, 1.807) is 13.2 Å². The summed E-state index contributed by atoms with van der Waals surface area (Å²) in [6.45, 7) is 1.55. The van der Waals surface area contributed by atoms with Crippen molar-refractivity contribution >= 4 is 11.9 Å². The number of rotatable bonds is 6. The Morgan fingerprint density at radius 1 is 1.12 bits per heavy atom. The molecule has 1 N–H and O–H groups in total. The summed E-state index contributed by atoms with van der Waals surface area (Å²) in [5.41, 5.74) is 3.86. The molecule has 5 nitrogen and oxygen atoms in total. The lowest BCUT2D eigenvalue weighted by Gasteiger charge is -2.17. The van der Waals surface area contributed by atoms with Gasteiger partial charge in [-0.1, -0.05) is 24.3 Å². The van der Waals surface area contributed by atoms with Crippen LogP contribution in [0.4, 0.5) is 0 Å². The van der Waals surface area contributed by atoms with E-state index in [9.17, 15) is 9.59 Å². The Morgan fingerprint density at radius 3 is 2.69 bits per heavy atom. The highest BCUT2D eigenvalue weighted by atomic mass is 16.5. The number of benzene rings is 2. The van der Waals surface area contributed by atoms with Crippen molar-refractivity contribution in [1.29, 1.82) is 0 Å². The first-order valence-electron chi connectivity index (χ1n) is 8.79. The fraction of sp³-hybridized carbons (Fsp3) is 0.333. The summed E-state index contributed by atoms with van der Waals surface area (Å²) >= 11 is 0. The minimum atomic E-state index is -0.472. The predicted octanol–water partition coefficient (Wildman–Crippen LogP) is 3.22. The zero-order valence-electron chi connectivity index (χ0n) is 15.1.